The average molecular weight is 334 g/mol. The lowest BCUT2D eigenvalue weighted by Gasteiger charge is -2.06. The third-order valence-corrected chi connectivity index (χ3v) is 5.05. The Hall–Kier alpha value is -2.35. The molecule has 0 bridgehead atoms. The summed E-state index contributed by atoms with van der Waals surface area (Å²) in [4.78, 5) is 4.18. The largest absolute Gasteiger partial charge is 0.256 e. The maximum absolute atomic E-state index is 13.2. The Balaban J connectivity index is 1.94. The van der Waals surface area contributed by atoms with Crippen molar-refractivity contribution in [2.75, 3.05) is 5.75 Å². The molecule has 0 atom stereocenters. The van der Waals surface area contributed by atoms with E-state index >= 15 is 0 Å². The molecule has 0 spiro atoms. The Morgan fingerprint density at radius 1 is 1.17 bits per heavy atom. The van der Waals surface area contributed by atoms with Gasteiger partial charge >= 0.3 is 0 Å². The zero-order valence-corrected chi connectivity index (χ0v) is 13.5. The smallest absolute Gasteiger partial charge is 0.254 e. The summed E-state index contributed by atoms with van der Waals surface area (Å²) in [7, 11) is -3.66. The van der Waals surface area contributed by atoms with Crippen molar-refractivity contribution >= 4 is 15.6 Å². The fourth-order valence-corrected chi connectivity index (χ4v) is 3.79. The third-order valence-electron chi connectivity index (χ3n) is 3.49. The molecule has 8 heteroatoms. The molecule has 120 valence electrons. The zero-order chi connectivity index (χ0) is 16.6. The van der Waals surface area contributed by atoms with Gasteiger partial charge in [-0.3, -0.25) is 4.40 Å². The standard InChI is InChI=1S/C15H15FN4O2S/c1-10-8-11(2)20-14(17-10)18-19-15(20)23(21,22)7-6-12-4-3-5-13(16)9-12/h3-5,8-9H,6-7H2,1-2H3. The van der Waals surface area contributed by atoms with Gasteiger partial charge in [0.15, 0.2) is 0 Å². The van der Waals surface area contributed by atoms with Gasteiger partial charge in [-0.2, -0.15) is 0 Å². The van der Waals surface area contributed by atoms with E-state index in [4.69, 9.17) is 0 Å². The quantitative estimate of drug-likeness (QED) is 0.728. The molecule has 0 saturated heterocycles. The molecule has 1 aromatic carbocycles. The minimum absolute atomic E-state index is 0.131. The van der Waals surface area contributed by atoms with Crippen molar-refractivity contribution in [2.24, 2.45) is 0 Å². The van der Waals surface area contributed by atoms with Gasteiger partial charge in [-0.1, -0.05) is 12.1 Å². The van der Waals surface area contributed by atoms with Gasteiger partial charge in [0.05, 0.1) is 5.75 Å². The fourth-order valence-electron chi connectivity index (χ4n) is 2.44. The van der Waals surface area contributed by atoms with E-state index in [0.29, 0.717) is 11.3 Å². The minimum Gasteiger partial charge on any atom is -0.254 e. The Labute approximate surface area is 132 Å². The van der Waals surface area contributed by atoms with Gasteiger partial charge in [0, 0.05) is 11.4 Å². The van der Waals surface area contributed by atoms with Crippen molar-refractivity contribution in [1.29, 1.82) is 0 Å². The second-order valence-corrected chi connectivity index (χ2v) is 7.36. The number of nitrogens with zero attached hydrogens (tertiary/aromatic N) is 4. The summed E-state index contributed by atoms with van der Waals surface area (Å²) < 4.78 is 39.7. The van der Waals surface area contributed by atoms with Gasteiger partial charge in [0.25, 0.3) is 10.9 Å². The molecular formula is C15H15FN4O2S. The lowest BCUT2D eigenvalue weighted by atomic mass is 10.2. The number of aromatic nitrogens is 4. The van der Waals surface area contributed by atoms with Crippen molar-refractivity contribution in [3.63, 3.8) is 0 Å². The van der Waals surface area contributed by atoms with Crippen LogP contribution >= 0.6 is 0 Å². The molecule has 2 aromatic heterocycles. The number of rotatable bonds is 4. The van der Waals surface area contributed by atoms with Gasteiger partial charge in [0.2, 0.25) is 9.84 Å². The van der Waals surface area contributed by atoms with Crippen LogP contribution in [0.4, 0.5) is 4.39 Å². The Morgan fingerprint density at radius 2 is 1.96 bits per heavy atom. The maximum Gasteiger partial charge on any atom is 0.256 e. The molecule has 0 aliphatic heterocycles. The Bertz CT molecular complexity index is 982. The molecule has 0 amide bonds. The van der Waals surface area contributed by atoms with Crippen LogP contribution in [0.25, 0.3) is 5.78 Å². The van der Waals surface area contributed by atoms with E-state index in [1.54, 1.807) is 32.0 Å². The second-order valence-electron chi connectivity index (χ2n) is 5.36. The molecular weight excluding hydrogens is 319 g/mol. The summed E-state index contributed by atoms with van der Waals surface area (Å²) >= 11 is 0. The highest BCUT2D eigenvalue weighted by molar-refractivity contribution is 7.91. The van der Waals surface area contributed by atoms with Gasteiger partial charge in [-0.05, 0) is 44.0 Å². The van der Waals surface area contributed by atoms with E-state index in [2.05, 4.69) is 15.2 Å². The molecule has 6 nitrogen and oxygen atoms in total. The van der Waals surface area contributed by atoms with Crippen molar-refractivity contribution < 1.29 is 12.8 Å². The molecule has 0 unspecified atom stereocenters. The summed E-state index contributed by atoms with van der Waals surface area (Å²) in [5, 5.41) is 7.49. The lowest BCUT2D eigenvalue weighted by molar-refractivity contribution is 0.583. The normalized spacial score (nSPS) is 12.0. The molecule has 0 N–H and O–H groups in total. The van der Waals surface area contributed by atoms with Gasteiger partial charge in [-0.15, -0.1) is 10.2 Å². The summed E-state index contributed by atoms with van der Waals surface area (Å²) in [6, 6.07) is 7.66. The summed E-state index contributed by atoms with van der Waals surface area (Å²) in [5.41, 5.74) is 2.06. The molecule has 0 saturated carbocycles. The molecule has 0 aliphatic rings. The fraction of sp³-hybridized carbons (Fsp3) is 0.267. The number of halogens is 1. The number of benzene rings is 1. The highest BCUT2D eigenvalue weighted by atomic mass is 32.2. The summed E-state index contributed by atoms with van der Waals surface area (Å²) in [6.07, 6.45) is 0.202. The molecule has 0 radical (unpaired) electrons. The molecule has 0 aliphatic carbocycles. The van der Waals surface area contributed by atoms with Crippen LogP contribution in [0.3, 0.4) is 0 Å². The Kier molecular flexibility index (Phi) is 3.85. The number of hydrogen-bond acceptors (Lipinski definition) is 5. The summed E-state index contributed by atoms with van der Waals surface area (Å²) in [5.74, 6) is -0.305. The van der Waals surface area contributed by atoms with Crippen LogP contribution in [-0.2, 0) is 16.3 Å². The molecule has 3 aromatic rings. The zero-order valence-electron chi connectivity index (χ0n) is 12.7. The van der Waals surface area contributed by atoms with Crippen LogP contribution in [0.5, 0.6) is 0 Å². The summed E-state index contributed by atoms with van der Waals surface area (Å²) in [6.45, 7) is 3.58. The predicted octanol–water partition coefficient (Wildman–Crippen LogP) is 1.90. The van der Waals surface area contributed by atoms with Crippen LogP contribution < -0.4 is 0 Å². The first-order valence-electron chi connectivity index (χ1n) is 7.03. The van der Waals surface area contributed by atoms with E-state index in [0.717, 1.165) is 5.69 Å². The van der Waals surface area contributed by atoms with Crippen LogP contribution in [0.2, 0.25) is 0 Å². The monoisotopic (exact) mass is 334 g/mol. The topological polar surface area (TPSA) is 77.2 Å². The van der Waals surface area contributed by atoms with Crippen LogP contribution in [0.1, 0.15) is 17.0 Å². The van der Waals surface area contributed by atoms with E-state index in [1.807, 2.05) is 0 Å². The van der Waals surface area contributed by atoms with Gasteiger partial charge in [0.1, 0.15) is 5.82 Å². The first-order chi connectivity index (χ1) is 10.9. The molecule has 2 heterocycles. The van der Waals surface area contributed by atoms with Crippen LogP contribution in [-0.4, -0.2) is 33.8 Å². The van der Waals surface area contributed by atoms with E-state index < -0.39 is 9.84 Å². The second kappa shape index (κ2) is 5.69. The minimum atomic E-state index is -3.66. The number of aryl methyl sites for hydroxylation is 3. The predicted molar refractivity (Wildman–Crippen MR) is 82.4 cm³/mol. The first-order valence-corrected chi connectivity index (χ1v) is 8.68. The first kappa shape index (κ1) is 15.5. The highest BCUT2D eigenvalue weighted by Gasteiger charge is 2.23. The lowest BCUT2D eigenvalue weighted by Crippen LogP contribution is -2.14. The van der Waals surface area contributed by atoms with Crippen LogP contribution in [0.15, 0.2) is 35.5 Å². The van der Waals surface area contributed by atoms with Crippen LogP contribution in [0, 0.1) is 19.7 Å². The average Bonchev–Trinajstić information content (AvgIpc) is 2.90. The van der Waals surface area contributed by atoms with Crippen molar-refractivity contribution in [3.05, 3.63) is 53.1 Å². The van der Waals surface area contributed by atoms with E-state index in [-0.39, 0.29) is 28.9 Å². The van der Waals surface area contributed by atoms with Gasteiger partial charge in [-0.25, -0.2) is 17.8 Å². The number of fused-ring (bicyclic) bond motifs is 1. The number of sulfone groups is 1. The highest BCUT2D eigenvalue weighted by Crippen LogP contribution is 2.15. The molecule has 3 rings (SSSR count). The van der Waals surface area contributed by atoms with Crippen molar-refractivity contribution in [3.8, 4) is 0 Å². The number of hydrogen-bond donors (Lipinski definition) is 0. The van der Waals surface area contributed by atoms with Crippen molar-refractivity contribution in [1.82, 2.24) is 19.6 Å². The molecule has 23 heavy (non-hydrogen) atoms. The maximum atomic E-state index is 13.2. The third kappa shape index (κ3) is 3.07. The molecule has 0 fully saturated rings. The van der Waals surface area contributed by atoms with E-state index in [9.17, 15) is 12.8 Å². The Morgan fingerprint density at radius 3 is 2.70 bits per heavy atom. The SMILES string of the molecule is Cc1cc(C)n2c(S(=O)(=O)CCc3cccc(F)c3)nnc2n1. The van der Waals surface area contributed by atoms with Gasteiger partial charge < -0.3 is 0 Å². The van der Waals surface area contributed by atoms with Crippen molar-refractivity contribution in [2.45, 2.75) is 25.4 Å². The van der Waals surface area contributed by atoms with E-state index in [1.165, 1.54) is 16.5 Å².